The highest BCUT2D eigenvalue weighted by Crippen LogP contribution is 2.33. The lowest BCUT2D eigenvalue weighted by Crippen LogP contribution is -2.54. The number of hydrogen-bond donors (Lipinski definition) is 4. The molecule has 1 heterocycles. The molecule has 1 aliphatic carbocycles. The van der Waals surface area contributed by atoms with E-state index in [1.54, 1.807) is 25.1 Å². The van der Waals surface area contributed by atoms with Crippen LogP contribution < -0.4 is 21.3 Å². The predicted octanol–water partition coefficient (Wildman–Crippen LogP) is 2.01. The maximum atomic E-state index is 13.2. The van der Waals surface area contributed by atoms with Gasteiger partial charge in [0, 0.05) is 35.1 Å². The van der Waals surface area contributed by atoms with Gasteiger partial charge in [-0.3, -0.25) is 24.0 Å². The number of ketones is 1. The summed E-state index contributed by atoms with van der Waals surface area (Å²) < 4.78 is 0. The molecular weight excluding hydrogens is 507 g/mol. The van der Waals surface area contributed by atoms with Gasteiger partial charge < -0.3 is 21.3 Å². The van der Waals surface area contributed by atoms with E-state index in [0.29, 0.717) is 35.0 Å². The normalized spacial score (nSPS) is 18.9. The number of benzene rings is 1. The molecule has 2 fully saturated rings. The summed E-state index contributed by atoms with van der Waals surface area (Å²) in [6, 6.07) is 2.78. The number of Topliss-reactive ketones (excluding diaryl/α,β-unsaturated/α-hetero) is 1. The molecule has 0 aromatic heterocycles. The van der Waals surface area contributed by atoms with E-state index in [-0.39, 0.29) is 24.8 Å². The van der Waals surface area contributed by atoms with Crippen molar-refractivity contribution >= 4 is 58.7 Å². The van der Waals surface area contributed by atoms with E-state index in [1.165, 1.54) is 12.2 Å². The van der Waals surface area contributed by atoms with Crippen LogP contribution in [0.2, 0.25) is 10.0 Å². The molecule has 36 heavy (non-hydrogen) atoms. The topological polar surface area (TPSA) is 133 Å². The van der Waals surface area contributed by atoms with Gasteiger partial charge in [-0.15, -0.1) is 0 Å². The summed E-state index contributed by atoms with van der Waals surface area (Å²) in [6.07, 6.45) is 5.58. The molecule has 11 heteroatoms. The third-order valence-corrected chi connectivity index (χ3v) is 6.72. The van der Waals surface area contributed by atoms with Crippen molar-refractivity contribution in [3.8, 4) is 0 Å². The average molecular weight is 537 g/mol. The van der Waals surface area contributed by atoms with Crippen LogP contribution in [0, 0.1) is 11.8 Å². The molecule has 0 radical (unpaired) electrons. The molecule has 1 aromatic carbocycles. The van der Waals surface area contributed by atoms with Gasteiger partial charge in [-0.05, 0) is 55.9 Å². The number of nitrogens with one attached hydrogen (secondary N) is 4. The second-order valence-electron chi connectivity index (χ2n) is 9.04. The summed E-state index contributed by atoms with van der Waals surface area (Å²) in [5.41, 5.74) is 0.585. The van der Waals surface area contributed by atoms with Gasteiger partial charge in [0.1, 0.15) is 6.04 Å². The van der Waals surface area contributed by atoms with Gasteiger partial charge in [-0.1, -0.05) is 42.1 Å². The molecule has 194 valence electrons. The Morgan fingerprint density at radius 1 is 1.08 bits per heavy atom. The van der Waals surface area contributed by atoms with Crippen molar-refractivity contribution in [3.05, 3.63) is 39.9 Å². The van der Waals surface area contributed by atoms with E-state index in [4.69, 9.17) is 23.2 Å². The van der Waals surface area contributed by atoms with Gasteiger partial charge in [0.15, 0.2) is 0 Å². The van der Waals surface area contributed by atoms with Crippen LogP contribution in [0.25, 0.3) is 6.08 Å². The van der Waals surface area contributed by atoms with E-state index in [2.05, 4.69) is 21.3 Å². The van der Waals surface area contributed by atoms with Crippen LogP contribution >= 0.6 is 23.2 Å². The van der Waals surface area contributed by atoms with Crippen molar-refractivity contribution < 1.29 is 24.0 Å². The SMILES string of the molecule is CCNC(=O)C(=O)C(C[C@@H]1CCNC1=O)NC(=O)C(CC1CC1)NC(=O)/C=C/c1ccc(Cl)cc1Cl. The molecule has 1 aliphatic heterocycles. The minimum absolute atomic E-state index is 0.00655. The van der Waals surface area contributed by atoms with Crippen LogP contribution in [0.5, 0.6) is 0 Å². The van der Waals surface area contributed by atoms with Gasteiger partial charge >= 0.3 is 0 Å². The first kappa shape index (κ1) is 27.7. The number of carbonyl (C=O) groups excluding carboxylic acids is 5. The molecule has 0 bridgehead atoms. The molecule has 0 spiro atoms. The molecular formula is C25H30Cl2N4O5. The standard InChI is InChI=1S/C25H30Cl2N4O5/c1-2-28-25(36)22(33)19(12-16-9-10-29-23(16)34)31-24(35)20(11-14-3-4-14)30-21(32)8-6-15-5-7-17(26)13-18(15)27/h5-8,13-14,16,19-20H,2-4,9-12H2,1H3,(H,28,36)(H,29,34)(H,30,32)(H,31,35)/b8-6+/t16-,19?,20?/m0/s1. The molecule has 3 rings (SSSR count). The Labute approximate surface area is 219 Å². The van der Waals surface area contributed by atoms with Crippen LogP contribution in [-0.4, -0.2) is 54.6 Å². The predicted molar refractivity (Wildman–Crippen MR) is 136 cm³/mol. The van der Waals surface area contributed by atoms with Gasteiger partial charge in [0.05, 0.1) is 6.04 Å². The maximum absolute atomic E-state index is 13.2. The zero-order valence-corrected chi connectivity index (χ0v) is 21.5. The molecule has 4 amide bonds. The van der Waals surface area contributed by atoms with Crippen molar-refractivity contribution in [2.45, 2.75) is 51.1 Å². The zero-order valence-electron chi connectivity index (χ0n) is 19.9. The van der Waals surface area contributed by atoms with Crippen LogP contribution in [0.15, 0.2) is 24.3 Å². The summed E-state index contributed by atoms with van der Waals surface area (Å²) in [6.45, 7) is 2.40. The van der Waals surface area contributed by atoms with Crippen molar-refractivity contribution in [3.63, 3.8) is 0 Å². The first-order valence-electron chi connectivity index (χ1n) is 12.0. The van der Waals surface area contributed by atoms with Gasteiger partial charge in [0.25, 0.3) is 5.91 Å². The minimum atomic E-state index is -1.18. The average Bonchev–Trinajstić information content (AvgIpc) is 3.56. The number of rotatable bonds is 12. The monoisotopic (exact) mass is 536 g/mol. The number of likely N-dealkylation sites (N-methyl/N-ethyl adjacent to an activating group) is 1. The number of hydrogen-bond acceptors (Lipinski definition) is 5. The van der Waals surface area contributed by atoms with Gasteiger partial charge in [-0.25, -0.2) is 0 Å². The number of amides is 4. The Bertz CT molecular complexity index is 1060. The Morgan fingerprint density at radius 2 is 1.83 bits per heavy atom. The summed E-state index contributed by atoms with van der Waals surface area (Å²) in [5, 5.41) is 11.3. The Morgan fingerprint density at radius 3 is 2.44 bits per heavy atom. The summed E-state index contributed by atoms with van der Waals surface area (Å²) in [4.78, 5) is 62.9. The fourth-order valence-corrected chi connectivity index (χ4v) is 4.48. The van der Waals surface area contributed by atoms with E-state index in [1.807, 2.05) is 0 Å². The largest absolute Gasteiger partial charge is 0.356 e. The van der Waals surface area contributed by atoms with Crippen molar-refractivity contribution in [2.75, 3.05) is 13.1 Å². The minimum Gasteiger partial charge on any atom is -0.356 e. The second-order valence-corrected chi connectivity index (χ2v) is 9.88. The van der Waals surface area contributed by atoms with E-state index in [9.17, 15) is 24.0 Å². The van der Waals surface area contributed by atoms with Crippen molar-refractivity contribution in [1.82, 2.24) is 21.3 Å². The highest BCUT2D eigenvalue weighted by atomic mass is 35.5. The molecule has 3 atom stereocenters. The maximum Gasteiger partial charge on any atom is 0.289 e. The van der Waals surface area contributed by atoms with Crippen LogP contribution in [0.1, 0.15) is 44.6 Å². The third kappa shape index (κ3) is 8.06. The lowest BCUT2D eigenvalue weighted by atomic mass is 9.95. The number of carbonyl (C=O) groups is 5. The Balaban J connectivity index is 1.70. The smallest absolute Gasteiger partial charge is 0.289 e. The van der Waals surface area contributed by atoms with E-state index in [0.717, 1.165) is 12.8 Å². The molecule has 1 aromatic rings. The first-order chi connectivity index (χ1) is 17.2. The van der Waals surface area contributed by atoms with Crippen molar-refractivity contribution in [2.24, 2.45) is 11.8 Å². The molecule has 1 saturated heterocycles. The lowest BCUT2D eigenvalue weighted by molar-refractivity contribution is -0.141. The molecule has 4 N–H and O–H groups in total. The fourth-order valence-electron chi connectivity index (χ4n) is 4.00. The summed E-state index contributed by atoms with van der Waals surface area (Å²) in [5.74, 6) is -3.15. The number of halogens is 2. The van der Waals surface area contributed by atoms with Crippen LogP contribution in [-0.2, 0) is 24.0 Å². The molecule has 9 nitrogen and oxygen atoms in total. The summed E-state index contributed by atoms with van der Waals surface area (Å²) in [7, 11) is 0. The van der Waals surface area contributed by atoms with Gasteiger partial charge in [-0.2, -0.15) is 0 Å². The zero-order chi connectivity index (χ0) is 26.2. The molecule has 2 aliphatic rings. The van der Waals surface area contributed by atoms with E-state index >= 15 is 0 Å². The molecule has 2 unspecified atom stereocenters. The third-order valence-electron chi connectivity index (χ3n) is 6.15. The van der Waals surface area contributed by atoms with Crippen LogP contribution in [0.4, 0.5) is 0 Å². The quantitative estimate of drug-likeness (QED) is 0.239. The lowest BCUT2D eigenvalue weighted by Gasteiger charge is -2.23. The van der Waals surface area contributed by atoms with Gasteiger partial charge in [0.2, 0.25) is 23.5 Å². The van der Waals surface area contributed by atoms with Crippen molar-refractivity contribution in [1.29, 1.82) is 0 Å². The summed E-state index contributed by atoms with van der Waals surface area (Å²) >= 11 is 12.0. The second kappa shape index (κ2) is 12.9. The van der Waals surface area contributed by atoms with E-state index < -0.39 is 41.5 Å². The Hall–Kier alpha value is -2.91. The first-order valence-corrected chi connectivity index (χ1v) is 12.8. The fraction of sp³-hybridized carbons (Fsp3) is 0.480. The molecule has 1 saturated carbocycles. The van der Waals surface area contributed by atoms with Crippen LogP contribution in [0.3, 0.4) is 0 Å². The Kier molecular flexibility index (Phi) is 9.89. The highest BCUT2D eigenvalue weighted by molar-refractivity contribution is 6.38. The highest BCUT2D eigenvalue weighted by Gasteiger charge is 2.36.